The van der Waals surface area contributed by atoms with Gasteiger partial charge in [0.1, 0.15) is 5.60 Å². The van der Waals surface area contributed by atoms with E-state index in [2.05, 4.69) is 16.3 Å². The number of carbonyl (C=O) groups excluding carboxylic acids is 1. The van der Waals surface area contributed by atoms with Crippen molar-refractivity contribution in [1.82, 2.24) is 10.2 Å². The molecule has 118 valence electrons. The van der Waals surface area contributed by atoms with Crippen molar-refractivity contribution in [2.75, 3.05) is 13.1 Å². The fourth-order valence-corrected chi connectivity index (χ4v) is 2.51. The average molecular weight is 301 g/mol. The Morgan fingerprint density at radius 2 is 2.09 bits per heavy atom. The Labute approximate surface area is 131 Å². The third kappa shape index (κ3) is 5.05. The van der Waals surface area contributed by atoms with Crippen LogP contribution in [0.2, 0.25) is 0 Å². The number of hydrogen-bond donors (Lipinski definition) is 1. The van der Waals surface area contributed by atoms with Gasteiger partial charge in [-0.05, 0) is 44.9 Å². The number of amides is 1. The van der Waals surface area contributed by atoms with Crippen LogP contribution in [0.1, 0.15) is 38.3 Å². The first-order valence-corrected chi connectivity index (χ1v) is 7.56. The molecule has 1 aromatic rings. The van der Waals surface area contributed by atoms with Gasteiger partial charge in [-0.3, -0.25) is 4.90 Å². The minimum Gasteiger partial charge on any atom is -0.444 e. The fraction of sp³-hybridized carbons (Fsp3) is 0.529. The lowest BCUT2D eigenvalue weighted by atomic mass is 10.1. The summed E-state index contributed by atoms with van der Waals surface area (Å²) < 4.78 is 5.28. The lowest BCUT2D eigenvalue weighted by Crippen LogP contribution is -2.40. The summed E-state index contributed by atoms with van der Waals surface area (Å²) in [4.78, 5) is 14.1. The number of likely N-dealkylation sites (tertiary alicyclic amines) is 1. The Balaban J connectivity index is 1.80. The zero-order valence-corrected chi connectivity index (χ0v) is 13.4. The van der Waals surface area contributed by atoms with Crippen LogP contribution in [-0.2, 0) is 11.3 Å². The fourth-order valence-electron chi connectivity index (χ4n) is 2.51. The van der Waals surface area contributed by atoms with Crippen LogP contribution < -0.4 is 5.32 Å². The molecule has 1 unspecified atom stereocenters. The lowest BCUT2D eigenvalue weighted by molar-refractivity contribution is 0.0506. The summed E-state index contributed by atoms with van der Waals surface area (Å²) in [5, 5.41) is 11.7. The minimum absolute atomic E-state index is 0.133. The van der Waals surface area contributed by atoms with E-state index in [1.807, 2.05) is 45.0 Å². The molecule has 0 aliphatic carbocycles. The van der Waals surface area contributed by atoms with Crippen LogP contribution >= 0.6 is 0 Å². The second-order valence-corrected chi connectivity index (χ2v) is 6.68. The van der Waals surface area contributed by atoms with Crippen molar-refractivity contribution < 1.29 is 9.53 Å². The number of nitrogens with zero attached hydrogens (tertiary/aromatic N) is 2. The molecule has 0 saturated carbocycles. The molecule has 22 heavy (non-hydrogen) atoms. The van der Waals surface area contributed by atoms with Gasteiger partial charge in [0.05, 0.1) is 11.6 Å². The van der Waals surface area contributed by atoms with Crippen LogP contribution in [0.15, 0.2) is 24.3 Å². The molecule has 2 rings (SSSR count). The van der Waals surface area contributed by atoms with Crippen molar-refractivity contribution in [3.63, 3.8) is 0 Å². The average Bonchev–Trinajstić information content (AvgIpc) is 2.84. The summed E-state index contributed by atoms with van der Waals surface area (Å²) in [6.07, 6.45) is 0.577. The SMILES string of the molecule is CC(C)(C)OC(=O)NC1CCN(Cc2ccc(C#N)cc2)C1. The molecule has 1 N–H and O–H groups in total. The van der Waals surface area contributed by atoms with E-state index in [1.165, 1.54) is 5.56 Å². The zero-order valence-electron chi connectivity index (χ0n) is 13.4. The van der Waals surface area contributed by atoms with Gasteiger partial charge in [-0.15, -0.1) is 0 Å². The maximum atomic E-state index is 11.8. The molecule has 1 heterocycles. The number of ether oxygens (including phenoxy) is 1. The van der Waals surface area contributed by atoms with Gasteiger partial charge in [0, 0.05) is 25.7 Å². The highest BCUT2D eigenvalue weighted by Crippen LogP contribution is 2.15. The number of benzene rings is 1. The normalized spacial score (nSPS) is 18.7. The van der Waals surface area contributed by atoms with Crippen molar-refractivity contribution in [3.05, 3.63) is 35.4 Å². The van der Waals surface area contributed by atoms with E-state index < -0.39 is 5.60 Å². The van der Waals surface area contributed by atoms with Crippen LogP contribution in [0.25, 0.3) is 0 Å². The maximum absolute atomic E-state index is 11.8. The van der Waals surface area contributed by atoms with Crippen molar-refractivity contribution >= 4 is 6.09 Å². The van der Waals surface area contributed by atoms with E-state index in [4.69, 9.17) is 10.00 Å². The van der Waals surface area contributed by atoms with Crippen LogP contribution in [0.5, 0.6) is 0 Å². The third-order valence-electron chi connectivity index (χ3n) is 3.48. The smallest absolute Gasteiger partial charge is 0.407 e. The molecule has 1 atom stereocenters. The quantitative estimate of drug-likeness (QED) is 0.932. The maximum Gasteiger partial charge on any atom is 0.407 e. The number of alkyl carbamates (subject to hydrolysis) is 1. The molecule has 1 amide bonds. The number of nitriles is 1. The molecule has 5 nitrogen and oxygen atoms in total. The van der Waals surface area contributed by atoms with E-state index in [0.29, 0.717) is 5.56 Å². The largest absolute Gasteiger partial charge is 0.444 e. The first-order valence-electron chi connectivity index (χ1n) is 7.56. The summed E-state index contributed by atoms with van der Waals surface area (Å²) in [6.45, 7) is 8.17. The highest BCUT2D eigenvalue weighted by Gasteiger charge is 2.25. The Morgan fingerprint density at radius 3 is 2.68 bits per heavy atom. The Bertz CT molecular complexity index is 555. The Kier molecular flexibility index (Phi) is 5.04. The second kappa shape index (κ2) is 6.80. The van der Waals surface area contributed by atoms with E-state index in [9.17, 15) is 4.79 Å². The van der Waals surface area contributed by atoms with Crippen molar-refractivity contribution in [3.8, 4) is 6.07 Å². The third-order valence-corrected chi connectivity index (χ3v) is 3.48. The number of carbonyl (C=O) groups is 1. The minimum atomic E-state index is -0.467. The molecule has 1 aliphatic heterocycles. The van der Waals surface area contributed by atoms with Crippen molar-refractivity contribution in [2.45, 2.75) is 45.4 Å². The van der Waals surface area contributed by atoms with E-state index in [1.54, 1.807) is 0 Å². The van der Waals surface area contributed by atoms with Gasteiger partial charge < -0.3 is 10.1 Å². The molecule has 0 radical (unpaired) electrons. The van der Waals surface area contributed by atoms with Crippen LogP contribution in [-0.4, -0.2) is 35.7 Å². The number of hydrogen-bond acceptors (Lipinski definition) is 4. The van der Waals surface area contributed by atoms with Gasteiger partial charge in [-0.2, -0.15) is 5.26 Å². The van der Waals surface area contributed by atoms with E-state index in [-0.39, 0.29) is 12.1 Å². The molecule has 1 aromatic carbocycles. The summed E-state index contributed by atoms with van der Waals surface area (Å²) in [5.41, 5.74) is 1.39. The second-order valence-electron chi connectivity index (χ2n) is 6.68. The topological polar surface area (TPSA) is 65.4 Å². The predicted octanol–water partition coefficient (Wildman–Crippen LogP) is 2.66. The first kappa shape index (κ1) is 16.3. The molecule has 1 aliphatic rings. The molecule has 0 spiro atoms. The summed E-state index contributed by atoms with van der Waals surface area (Å²) in [7, 11) is 0. The summed E-state index contributed by atoms with van der Waals surface area (Å²) >= 11 is 0. The van der Waals surface area contributed by atoms with E-state index >= 15 is 0 Å². The molecule has 5 heteroatoms. The Hall–Kier alpha value is -2.06. The summed E-state index contributed by atoms with van der Waals surface area (Å²) in [6, 6.07) is 9.88. The Morgan fingerprint density at radius 1 is 1.41 bits per heavy atom. The molecule has 1 saturated heterocycles. The van der Waals surface area contributed by atoms with Gasteiger partial charge >= 0.3 is 6.09 Å². The van der Waals surface area contributed by atoms with Crippen molar-refractivity contribution in [2.24, 2.45) is 0 Å². The van der Waals surface area contributed by atoms with Gasteiger partial charge in [0.2, 0.25) is 0 Å². The number of rotatable bonds is 3. The highest BCUT2D eigenvalue weighted by molar-refractivity contribution is 5.68. The van der Waals surface area contributed by atoms with Crippen molar-refractivity contribution in [1.29, 1.82) is 5.26 Å². The van der Waals surface area contributed by atoms with Gasteiger partial charge in [0.15, 0.2) is 0 Å². The van der Waals surface area contributed by atoms with Crippen LogP contribution in [0.3, 0.4) is 0 Å². The molecular weight excluding hydrogens is 278 g/mol. The lowest BCUT2D eigenvalue weighted by Gasteiger charge is -2.22. The van der Waals surface area contributed by atoms with Gasteiger partial charge in [0.25, 0.3) is 0 Å². The molecule has 0 bridgehead atoms. The standard InChI is InChI=1S/C17H23N3O2/c1-17(2,3)22-16(21)19-15-8-9-20(12-15)11-14-6-4-13(10-18)5-7-14/h4-7,15H,8-9,11-12H2,1-3H3,(H,19,21). The molecular formula is C17H23N3O2. The molecule has 0 aromatic heterocycles. The van der Waals surface area contributed by atoms with Crippen LogP contribution in [0, 0.1) is 11.3 Å². The summed E-state index contributed by atoms with van der Waals surface area (Å²) in [5.74, 6) is 0. The first-order chi connectivity index (χ1) is 10.4. The van der Waals surface area contributed by atoms with Gasteiger partial charge in [-0.25, -0.2) is 4.79 Å². The monoisotopic (exact) mass is 301 g/mol. The van der Waals surface area contributed by atoms with Gasteiger partial charge in [-0.1, -0.05) is 12.1 Å². The van der Waals surface area contributed by atoms with E-state index in [0.717, 1.165) is 26.1 Å². The zero-order chi connectivity index (χ0) is 16.2. The molecule has 1 fully saturated rings. The number of nitrogens with one attached hydrogen (secondary N) is 1. The predicted molar refractivity (Wildman–Crippen MR) is 84.2 cm³/mol. The highest BCUT2D eigenvalue weighted by atomic mass is 16.6. The van der Waals surface area contributed by atoms with Crippen LogP contribution in [0.4, 0.5) is 4.79 Å².